The molecule has 0 atom stereocenters. The molecule has 0 unspecified atom stereocenters. The van der Waals surface area contributed by atoms with Gasteiger partial charge in [0, 0.05) is 9.79 Å². The van der Waals surface area contributed by atoms with E-state index in [0.29, 0.717) is 0 Å². The summed E-state index contributed by atoms with van der Waals surface area (Å²) in [6, 6.07) is 12.0. The summed E-state index contributed by atoms with van der Waals surface area (Å²) in [4.78, 5) is 6.43. The molecule has 0 fully saturated rings. The van der Waals surface area contributed by atoms with Crippen molar-refractivity contribution in [2.45, 2.75) is 9.79 Å². The van der Waals surface area contributed by atoms with Crippen LogP contribution in [0, 0.1) is 0 Å². The zero-order valence-electron chi connectivity index (χ0n) is 10.3. The Labute approximate surface area is 119 Å². The van der Waals surface area contributed by atoms with E-state index in [1.807, 2.05) is 35.8 Å². The van der Waals surface area contributed by atoms with Gasteiger partial charge in [-0.05, 0) is 30.3 Å². The van der Waals surface area contributed by atoms with Crippen LogP contribution in [0.15, 0.2) is 51.7 Å². The van der Waals surface area contributed by atoms with Crippen LogP contribution >= 0.6 is 23.1 Å². The van der Waals surface area contributed by atoms with Crippen molar-refractivity contribution in [3.05, 3.63) is 41.9 Å². The molecule has 0 bridgehead atoms. The van der Waals surface area contributed by atoms with E-state index in [0.717, 1.165) is 31.4 Å². The van der Waals surface area contributed by atoms with Crippen molar-refractivity contribution in [3.8, 4) is 5.75 Å². The lowest BCUT2D eigenvalue weighted by molar-refractivity contribution is 0.413. The number of aromatic nitrogens is 1. The monoisotopic (exact) mass is 288 g/mol. The molecule has 19 heavy (non-hydrogen) atoms. The van der Waals surface area contributed by atoms with E-state index < -0.39 is 0 Å². The van der Waals surface area contributed by atoms with Crippen LogP contribution in [0.5, 0.6) is 5.75 Å². The van der Waals surface area contributed by atoms with Gasteiger partial charge in [0.15, 0.2) is 0 Å². The van der Waals surface area contributed by atoms with Crippen LogP contribution in [0.1, 0.15) is 0 Å². The lowest BCUT2D eigenvalue weighted by atomic mass is 10.3. The molecule has 5 heteroatoms. The molecule has 1 heterocycles. The Morgan fingerprint density at radius 3 is 3.00 bits per heavy atom. The fraction of sp³-hybridized carbons (Fsp3) is 0.0714. The van der Waals surface area contributed by atoms with Gasteiger partial charge in [-0.1, -0.05) is 17.8 Å². The summed E-state index contributed by atoms with van der Waals surface area (Å²) >= 11 is 3.22. The number of fused-ring (bicyclic) bond motifs is 1. The van der Waals surface area contributed by atoms with Gasteiger partial charge in [-0.25, -0.2) is 4.98 Å². The maximum atomic E-state index is 6.17. The highest BCUT2D eigenvalue weighted by Crippen LogP contribution is 2.37. The molecule has 0 aliphatic heterocycles. The van der Waals surface area contributed by atoms with Gasteiger partial charge in [0.1, 0.15) is 11.3 Å². The van der Waals surface area contributed by atoms with Crippen molar-refractivity contribution < 1.29 is 4.74 Å². The Kier molecular flexibility index (Phi) is 3.31. The van der Waals surface area contributed by atoms with Crippen LogP contribution in [0.4, 0.5) is 5.69 Å². The number of hydrogen-bond acceptors (Lipinski definition) is 5. The number of nitrogens with zero attached hydrogens (tertiary/aromatic N) is 1. The normalized spacial score (nSPS) is 10.8. The molecular formula is C14H12N2OS2. The van der Waals surface area contributed by atoms with Gasteiger partial charge in [0.25, 0.3) is 0 Å². The van der Waals surface area contributed by atoms with Crippen molar-refractivity contribution in [3.63, 3.8) is 0 Å². The van der Waals surface area contributed by atoms with E-state index in [-0.39, 0.29) is 0 Å². The van der Waals surface area contributed by atoms with E-state index in [2.05, 4.69) is 11.1 Å². The third-order valence-electron chi connectivity index (χ3n) is 2.77. The SMILES string of the molecule is COc1cccc(Sc2ccc3scnc3c2N)c1. The summed E-state index contributed by atoms with van der Waals surface area (Å²) in [7, 11) is 1.67. The zero-order valence-corrected chi connectivity index (χ0v) is 11.9. The fourth-order valence-corrected chi connectivity index (χ4v) is 3.43. The Morgan fingerprint density at radius 1 is 1.26 bits per heavy atom. The molecule has 3 rings (SSSR count). The molecule has 3 aromatic rings. The number of nitrogens with two attached hydrogens (primary N) is 1. The van der Waals surface area contributed by atoms with Crippen molar-refractivity contribution in [2.24, 2.45) is 0 Å². The Hall–Kier alpha value is -1.72. The zero-order chi connectivity index (χ0) is 13.2. The second kappa shape index (κ2) is 5.11. The highest BCUT2D eigenvalue weighted by atomic mass is 32.2. The summed E-state index contributed by atoms with van der Waals surface area (Å²) < 4.78 is 6.34. The van der Waals surface area contributed by atoms with Crippen molar-refractivity contribution in [1.29, 1.82) is 0 Å². The fourth-order valence-electron chi connectivity index (χ4n) is 1.81. The van der Waals surface area contributed by atoms with Crippen LogP contribution in [-0.2, 0) is 0 Å². The van der Waals surface area contributed by atoms with Gasteiger partial charge in [-0.2, -0.15) is 0 Å². The topological polar surface area (TPSA) is 48.1 Å². The Bertz CT molecular complexity index is 724. The minimum atomic E-state index is 0.742. The van der Waals surface area contributed by atoms with E-state index in [4.69, 9.17) is 10.5 Å². The average molecular weight is 288 g/mol. The molecule has 0 aliphatic carbocycles. The maximum absolute atomic E-state index is 6.17. The molecule has 0 saturated carbocycles. The third-order valence-corrected chi connectivity index (χ3v) is 4.63. The van der Waals surface area contributed by atoms with Gasteiger partial charge in [-0.15, -0.1) is 11.3 Å². The molecule has 0 radical (unpaired) electrons. The number of thiazole rings is 1. The summed E-state index contributed by atoms with van der Waals surface area (Å²) in [6.07, 6.45) is 0. The Balaban J connectivity index is 1.98. The van der Waals surface area contributed by atoms with Crippen LogP contribution in [0.25, 0.3) is 10.2 Å². The molecule has 2 aromatic carbocycles. The van der Waals surface area contributed by atoms with Gasteiger partial charge in [0.2, 0.25) is 0 Å². The number of nitrogen functional groups attached to an aromatic ring is 1. The van der Waals surface area contributed by atoms with E-state index in [1.54, 1.807) is 30.2 Å². The van der Waals surface area contributed by atoms with Crippen LogP contribution in [0.3, 0.4) is 0 Å². The predicted octanol–water partition coefficient (Wildman–Crippen LogP) is 4.04. The highest BCUT2D eigenvalue weighted by molar-refractivity contribution is 7.99. The van der Waals surface area contributed by atoms with E-state index in [1.165, 1.54) is 0 Å². The van der Waals surface area contributed by atoms with Gasteiger partial charge in [0.05, 0.1) is 23.0 Å². The number of ether oxygens (including phenoxy) is 1. The smallest absolute Gasteiger partial charge is 0.119 e. The molecule has 0 amide bonds. The van der Waals surface area contributed by atoms with Crippen LogP contribution in [0.2, 0.25) is 0 Å². The molecule has 0 spiro atoms. The first-order valence-corrected chi connectivity index (χ1v) is 7.41. The molecule has 1 aromatic heterocycles. The Morgan fingerprint density at radius 2 is 2.16 bits per heavy atom. The molecule has 0 saturated heterocycles. The number of methoxy groups -OCH3 is 1. The third kappa shape index (κ3) is 2.39. The molecule has 2 N–H and O–H groups in total. The van der Waals surface area contributed by atoms with Crippen molar-refractivity contribution >= 4 is 39.0 Å². The molecule has 3 nitrogen and oxygen atoms in total. The largest absolute Gasteiger partial charge is 0.497 e. The number of benzene rings is 2. The summed E-state index contributed by atoms with van der Waals surface area (Å²) in [6.45, 7) is 0. The van der Waals surface area contributed by atoms with E-state index in [9.17, 15) is 0 Å². The quantitative estimate of drug-likeness (QED) is 0.739. The summed E-state index contributed by atoms with van der Waals surface area (Å²) in [5.74, 6) is 0.846. The first kappa shape index (κ1) is 12.3. The standard InChI is InChI=1S/C14H12N2OS2/c1-17-9-3-2-4-10(7-9)19-11-5-6-12-14(13(11)15)16-8-18-12/h2-8H,15H2,1H3. The van der Waals surface area contributed by atoms with Gasteiger partial charge in [-0.3, -0.25) is 0 Å². The lowest BCUT2D eigenvalue weighted by Crippen LogP contribution is -1.90. The first-order valence-electron chi connectivity index (χ1n) is 5.71. The van der Waals surface area contributed by atoms with Crippen LogP contribution < -0.4 is 10.5 Å². The predicted molar refractivity (Wildman–Crippen MR) is 81.1 cm³/mol. The van der Waals surface area contributed by atoms with Gasteiger partial charge >= 0.3 is 0 Å². The summed E-state index contributed by atoms with van der Waals surface area (Å²) in [5.41, 5.74) is 9.62. The number of anilines is 1. The second-order valence-electron chi connectivity index (χ2n) is 3.96. The first-order chi connectivity index (χ1) is 9.28. The maximum Gasteiger partial charge on any atom is 0.119 e. The minimum absolute atomic E-state index is 0.742. The van der Waals surface area contributed by atoms with Crippen molar-refractivity contribution in [1.82, 2.24) is 4.98 Å². The van der Waals surface area contributed by atoms with E-state index >= 15 is 0 Å². The second-order valence-corrected chi connectivity index (χ2v) is 5.96. The molecule has 96 valence electrons. The molecular weight excluding hydrogens is 276 g/mol. The van der Waals surface area contributed by atoms with Gasteiger partial charge < -0.3 is 10.5 Å². The summed E-state index contributed by atoms with van der Waals surface area (Å²) in [5, 5.41) is 0. The average Bonchev–Trinajstić information content (AvgIpc) is 2.91. The number of rotatable bonds is 3. The molecule has 0 aliphatic rings. The highest BCUT2D eigenvalue weighted by Gasteiger charge is 2.08. The van der Waals surface area contributed by atoms with Crippen molar-refractivity contribution in [2.75, 3.05) is 12.8 Å². The number of hydrogen-bond donors (Lipinski definition) is 1. The van der Waals surface area contributed by atoms with Crippen LogP contribution in [-0.4, -0.2) is 12.1 Å². The minimum Gasteiger partial charge on any atom is -0.497 e. The lowest BCUT2D eigenvalue weighted by Gasteiger charge is -2.07.